The van der Waals surface area contributed by atoms with Gasteiger partial charge in [0, 0.05) is 24.9 Å². The molecule has 19 heavy (non-hydrogen) atoms. The van der Waals surface area contributed by atoms with Gasteiger partial charge in [-0.05, 0) is 24.1 Å². The van der Waals surface area contributed by atoms with Gasteiger partial charge in [-0.1, -0.05) is 13.8 Å². The molecule has 100 valence electrons. The average molecular weight is 259 g/mol. The summed E-state index contributed by atoms with van der Waals surface area (Å²) < 4.78 is 0. The summed E-state index contributed by atoms with van der Waals surface area (Å²) in [6, 6.07) is 1.91. The van der Waals surface area contributed by atoms with E-state index in [1.54, 1.807) is 12.4 Å². The van der Waals surface area contributed by atoms with Gasteiger partial charge in [-0.3, -0.25) is 14.9 Å². The number of carbonyl (C=O) groups excluding carboxylic acids is 1. The number of H-pyrrole nitrogens is 1. The number of nitrogens with zero attached hydrogens (tertiary/aromatic N) is 3. The summed E-state index contributed by atoms with van der Waals surface area (Å²) in [5, 5.41) is 9.45. The Morgan fingerprint density at radius 3 is 2.89 bits per heavy atom. The van der Waals surface area contributed by atoms with Crippen LogP contribution < -0.4 is 5.32 Å². The molecule has 2 heterocycles. The van der Waals surface area contributed by atoms with E-state index in [4.69, 9.17) is 0 Å². The van der Waals surface area contributed by atoms with E-state index >= 15 is 0 Å². The van der Waals surface area contributed by atoms with Gasteiger partial charge in [-0.15, -0.1) is 5.10 Å². The highest BCUT2D eigenvalue weighted by Crippen LogP contribution is 2.08. The molecule has 2 N–H and O–H groups in total. The first-order valence-corrected chi connectivity index (χ1v) is 6.18. The van der Waals surface area contributed by atoms with Gasteiger partial charge >= 0.3 is 0 Å². The first-order chi connectivity index (χ1) is 9.08. The molecule has 0 unspecified atom stereocenters. The van der Waals surface area contributed by atoms with E-state index in [0.717, 1.165) is 11.1 Å². The topological polar surface area (TPSA) is 83.6 Å². The predicted octanol–water partition coefficient (Wildman–Crippen LogP) is 1.56. The number of carbonyl (C=O) groups is 1. The summed E-state index contributed by atoms with van der Waals surface area (Å²) in [5.41, 5.74) is 2.07. The number of pyridine rings is 1. The molecule has 0 aliphatic heterocycles. The van der Waals surface area contributed by atoms with Crippen molar-refractivity contribution in [2.45, 2.75) is 33.2 Å². The number of hydrogen-bond donors (Lipinski definition) is 2. The maximum absolute atomic E-state index is 11.9. The fraction of sp³-hybridized carbons (Fsp3) is 0.385. The lowest BCUT2D eigenvalue weighted by Gasteiger charge is -2.05. The maximum atomic E-state index is 11.9. The quantitative estimate of drug-likeness (QED) is 0.872. The highest BCUT2D eigenvalue weighted by Gasteiger charge is 2.13. The molecule has 0 bridgehead atoms. The number of aromatic amines is 1. The monoisotopic (exact) mass is 259 g/mol. The third kappa shape index (κ3) is 3.15. The SMILES string of the molecule is Cc1ccncc1CNC(=O)c1n[nH]c(C(C)C)n1. The zero-order valence-corrected chi connectivity index (χ0v) is 11.3. The van der Waals surface area contributed by atoms with Crippen molar-refractivity contribution < 1.29 is 4.79 Å². The van der Waals surface area contributed by atoms with Crippen LogP contribution in [0.4, 0.5) is 0 Å². The Hall–Kier alpha value is -2.24. The summed E-state index contributed by atoms with van der Waals surface area (Å²) in [4.78, 5) is 20.1. The van der Waals surface area contributed by atoms with Crippen LogP contribution in [0.25, 0.3) is 0 Å². The largest absolute Gasteiger partial charge is 0.345 e. The Kier molecular flexibility index (Phi) is 3.89. The van der Waals surface area contributed by atoms with Gasteiger partial charge in [0.05, 0.1) is 0 Å². The molecule has 0 spiro atoms. The second-order valence-electron chi connectivity index (χ2n) is 4.68. The number of hydrogen-bond acceptors (Lipinski definition) is 4. The Morgan fingerprint density at radius 1 is 1.47 bits per heavy atom. The number of rotatable bonds is 4. The van der Waals surface area contributed by atoms with E-state index in [1.807, 2.05) is 26.8 Å². The Morgan fingerprint density at radius 2 is 2.26 bits per heavy atom. The molecule has 2 aromatic rings. The van der Waals surface area contributed by atoms with Crippen LogP contribution in [0.2, 0.25) is 0 Å². The zero-order chi connectivity index (χ0) is 13.8. The molecule has 0 aromatic carbocycles. The Labute approximate surface area is 111 Å². The molecule has 1 amide bonds. The number of amides is 1. The van der Waals surface area contributed by atoms with Gasteiger partial charge in [0.15, 0.2) is 0 Å². The standard InChI is InChI=1S/C13H17N5O/c1-8(2)11-16-12(18-17-11)13(19)15-7-10-6-14-5-4-9(10)3/h4-6,8H,7H2,1-3H3,(H,15,19)(H,16,17,18). The second-order valence-corrected chi connectivity index (χ2v) is 4.68. The van der Waals surface area contributed by atoms with Crippen molar-refractivity contribution in [2.24, 2.45) is 0 Å². The first kappa shape index (κ1) is 13.2. The van der Waals surface area contributed by atoms with Gasteiger partial charge in [-0.25, -0.2) is 4.98 Å². The molecule has 2 rings (SSSR count). The van der Waals surface area contributed by atoms with Crippen molar-refractivity contribution in [3.63, 3.8) is 0 Å². The van der Waals surface area contributed by atoms with E-state index in [-0.39, 0.29) is 17.6 Å². The third-order valence-electron chi connectivity index (χ3n) is 2.84. The lowest BCUT2D eigenvalue weighted by molar-refractivity contribution is 0.0941. The van der Waals surface area contributed by atoms with Crippen LogP contribution in [0, 0.1) is 6.92 Å². The first-order valence-electron chi connectivity index (χ1n) is 6.18. The minimum absolute atomic E-state index is 0.172. The smallest absolute Gasteiger partial charge is 0.291 e. The maximum Gasteiger partial charge on any atom is 0.291 e. The number of aryl methyl sites for hydroxylation is 1. The van der Waals surface area contributed by atoms with Crippen LogP contribution in [0.3, 0.4) is 0 Å². The summed E-state index contributed by atoms with van der Waals surface area (Å²) in [6.07, 6.45) is 3.47. The Balaban J connectivity index is 1.99. The van der Waals surface area contributed by atoms with Crippen molar-refractivity contribution in [3.05, 3.63) is 41.2 Å². The lowest BCUT2D eigenvalue weighted by atomic mass is 10.1. The van der Waals surface area contributed by atoms with E-state index in [1.165, 1.54) is 0 Å². The summed E-state index contributed by atoms with van der Waals surface area (Å²) >= 11 is 0. The number of aromatic nitrogens is 4. The fourth-order valence-electron chi connectivity index (χ4n) is 1.57. The predicted molar refractivity (Wildman–Crippen MR) is 70.6 cm³/mol. The van der Waals surface area contributed by atoms with Gasteiger partial charge < -0.3 is 5.32 Å². The van der Waals surface area contributed by atoms with E-state index in [9.17, 15) is 4.79 Å². The molecule has 2 aromatic heterocycles. The van der Waals surface area contributed by atoms with Crippen LogP contribution in [0.1, 0.15) is 47.3 Å². The van der Waals surface area contributed by atoms with E-state index < -0.39 is 0 Å². The van der Waals surface area contributed by atoms with Crippen LogP contribution >= 0.6 is 0 Å². The van der Waals surface area contributed by atoms with E-state index in [0.29, 0.717) is 12.4 Å². The summed E-state index contributed by atoms with van der Waals surface area (Å²) in [6.45, 7) is 6.37. The summed E-state index contributed by atoms with van der Waals surface area (Å²) in [7, 11) is 0. The van der Waals surface area contributed by atoms with Crippen LogP contribution in [0.15, 0.2) is 18.5 Å². The molecule has 6 nitrogen and oxygen atoms in total. The summed E-state index contributed by atoms with van der Waals surface area (Å²) in [5.74, 6) is 0.814. The molecular weight excluding hydrogens is 242 g/mol. The van der Waals surface area contributed by atoms with Crippen molar-refractivity contribution in [1.82, 2.24) is 25.5 Å². The van der Waals surface area contributed by atoms with Crippen molar-refractivity contribution in [3.8, 4) is 0 Å². The average Bonchev–Trinajstić information content (AvgIpc) is 2.87. The molecule has 0 radical (unpaired) electrons. The van der Waals surface area contributed by atoms with Crippen LogP contribution in [-0.2, 0) is 6.54 Å². The van der Waals surface area contributed by atoms with Crippen molar-refractivity contribution in [1.29, 1.82) is 0 Å². The third-order valence-corrected chi connectivity index (χ3v) is 2.84. The van der Waals surface area contributed by atoms with Crippen LogP contribution in [-0.4, -0.2) is 26.1 Å². The van der Waals surface area contributed by atoms with Crippen molar-refractivity contribution in [2.75, 3.05) is 0 Å². The van der Waals surface area contributed by atoms with Gasteiger partial charge in [0.1, 0.15) is 5.82 Å². The highest BCUT2D eigenvalue weighted by molar-refractivity contribution is 5.90. The molecule has 0 aliphatic rings. The van der Waals surface area contributed by atoms with Crippen LogP contribution in [0.5, 0.6) is 0 Å². The second kappa shape index (κ2) is 5.60. The fourth-order valence-corrected chi connectivity index (χ4v) is 1.57. The van der Waals surface area contributed by atoms with Gasteiger partial charge in [0.25, 0.3) is 5.91 Å². The highest BCUT2D eigenvalue weighted by atomic mass is 16.2. The van der Waals surface area contributed by atoms with Gasteiger partial charge in [0.2, 0.25) is 5.82 Å². The zero-order valence-electron chi connectivity index (χ0n) is 11.3. The molecular formula is C13H17N5O. The molecule has 0 saturated carbocycles. The van der Waals surface area contributed by atoms with E-state index in [2.05, 4.69) is 25.5 Å². The molecule has 0 aliphatic carbocycles. The normalized spacial score (nSPS) is 10.7. The molecule has 6 heteroatoms. The molecule has 0 saturated heterocycles. The number of nitrogens with one attached hydrogen (secondary N) is 2. The minimum Gasteiger partial charge on any atom is -0.345 e. The van der Waals surface area contributed by atoms with Crippen molar-refractivity contribution >= 4 is 5.91 Å². The van der Waals surface area contributed by atoms with Gasteiger partial charge in [-0.2, -0.15) is 0 Å². The molecule has 0 atom stereocenters. The lowest BCUT2D eigenvalue weighted by Crippen LogP contribution is -2.24. The molecule has 0 fully saturated rings. The Bertz CT molecular complexity index is 576. The minimum atomic E-state index is -0.286.